The second kappa shape index (κ2) is 5.31. The molecule has 0 atom stereocenters. The second-order valence-corrected chi connectivity index (χ2v) is 4.58. The first-order valence-corrected chi connectivity index (χ1v) is 6.16. The lowest BCUT2D eigenvalue weighted by Gasteiger charge is -2.14. The van der Waals surface area contributed by atoms with Crippen molar-refractivity contribution in [2.75, 3.05) is 6.54 Å². The first kappa shape index (κ1) is 10.7. The highest BCUT2D eigenvalue weighted by Crippen LogP contribution is 2.15. The van der Waals surface area contributed by atoms with Gasteiger partial charge < -0.3 is 5.32 Å². The van der Waals surface area contributed by atoms with Crippen LogP contribution >= 0.6 is 15.9 Å². The van der Waals surface area contributed by atoms with Crippen molar-refractivity contribution < 1.29 is 0 Å². The molecule has 1 N–H and O–H groups in total. The van der Waals surface area contributed by atoms with Crippen molar-refractivity contribution in [3.8, 4) is 0 Å². The Morgan fingerprint density at radius 2 is 2.13 bits per heavy atom. The lowest BCUT2D eigenvalue weighted by atomic mass is 10.1. The van der Waals surface area contributed by atoms with Crippen LogP contribution < -0.4 is 5.32 Å². The molecule has 2 nitrogen and oxygen atoms in total. The zero-order valence-electron chi connectivity index (χ0n) is 8.67. The number of amidine groups is 1. The number of nitrogens with zero attached hydrogens (tertiary/aromatic N) is 1. The minimum Gasteiger partial charge on any atom is -0.370 e. The Morgan fingerprint density at radius 3 is 2.87 bits per heavy atom. The summed E-state index contributed by atoms with van der Waals surface area (Å²) in [7, 11) is 0. The van der Waals surface area contributed by atoms with Crippen molar-refractivity contribution in [3.05, 3.63) is 34.3 Å². The summed E-state index contributed by atoms with van der Waals surface area (Å²) < 4.78 is 1.16. The van der Waals surface area contributed by atoms with E-state index in [1.165, 1.54) is 18.4 Å². The molecular weight excluding hydrogens is 252 g/mol. The Kier molecular flexibility index (Phi) is 3.78. The van der Waals surface area contributed by atoms with Crippen LogP contribution in [-0.2, 0) is 6.54 Å². The number of benzene rings is 1. The summed E-state index contributed by atoms with van der Waals surface area (Å²) >= 11 is 3.54. The van der Waals surface area contributed by atoms with Gasteiger partial charge >= 0.3 is 0 Å². The third-order valence-electron chi connectivity index (χ3n) is 2.57. The number of rotatable bonds is 2. The Bertz CT molecular complexity index is 360. The molecule has 1 heterocycles. The monoisotopic (exact) mass is 266 g/mol. The summed E-state index contributed by atoms with van der Waals surface area (Å²) in [6.07, 6.45) is 3.60. The van der Waals surface area contributed by atoms with E-state index in [9.17, 15) is 0 Å². The molecule has 0 unspecified atom stereocenters. The molecule has 0 aliphatic carbocycles. The number of aliphatic imine (C=N–C) groups is 1. The van der Waals surface area contributed by atoms with Crippen LogP contribution in [0.2, 0.25) is 0 Å². The molecule has 0 spiro atoms. The van der Waals surface area contributed by atoms with Gasteiger partial charge in [0.1, 0.15) is 0 Å². The van der Waals surface area contributed by atoms with E-state index >= 15 is 0 Å². The summed E-state index contributed by atoms with van der Waals surface area (Å²) in [6.45, 7) is 1.85. The predicted molar refractivity (Wildman–Crippen MR) is 67.1 cm³/mol. The maximum atomic E-state index is 4.46. The fourth-order valence-electron chi connectivity index (χ4n) is 1.68. The van der Waals surface area contributed by atoms with Gasteiger partial charge in [0.2, 0.25) is 0 Å². The Labute approximate surface area is 98.9 Å². The average molecular weight is 267 g/mol. The van der Waals surface area contributed by atoms with E-state index in [4.69, 9.17) is 0 Å². The molecule has 0 bridgehead atoms. The van der Waals surface area contributed by atoms with Crippen LogP contribution in [0, 0.1) is 0 Å². The van der Waals surface area contributed by atoms with Crippen molar-refractivity contribution in [1.82, 2.24) is 5.32 Å². The first-order valence-electron chi connectivity index (χ1n) is 5.37. The zero-order chi connectivity index (χ0) is 10.5. The Balaban J connectivity index is 1.93. The molecule has 80 valence electrons. The summed E-state index contributed by atoms with van der Waals surface area (Å²) in [5, 5.41) is 3.40. The van der Waals surface area contributed by atoms with Gasteiger partial charge in [-0.15, -0.1) is 0 Å². The normalized spacial score (nSPS) is 15.9. The van der Waals surface area contributed by atoms with E-state index in [1.807, 2.05) is 6.07 Å². The molecule has 1 aromatic carbocycles. The summed E-state index contributed by atoms with van der Waals surface area (Å²) in [5.74, 6) is 1.16. The van der Waals surface area contributed by atoms with Crippen molar-refractivity contribution in [1.29, 1.82) is 0 Å². The van der Waals surface area contributed by atoms with Crippen molar-refractivity contribution in [3.63, 3.8) is 0 Å². The second-order valence-electron chi connectivity index (χ2n) is 3.73. The predicted octanol–water partition coefficient (Wildman–Crippen LogP) is 3.12. The fourth-order valence-corrected chi connectivity index (χ4v) is 2.11. The highest BCUT2D eigenvalue weighted by atomic mass is 79.9. The van der Waals surface area contributed by atoms with E-state index < -0.39 is 0 Å². The molecule has 0 radical (unpaired) electrons. The quantitative estimate of drug-likeness (QED) is 0.874. The molecule has 1 aliphatic rings. The molecule has 15 heavy (non-hydrogen) atoms. The molecule has 0 saturated carbocycles. The highest BCUT2D eigenvalue weighted by Gasteiger charge is 2.05. The van der Waals surface area contributed by atoms with Crippen LogP contribution in [0.4, 0.5) is 0 Å². The fraction of sp³-hybridized carbons (Fsp3) is 0.417. The maximum absolute atomic E-state index is 4.46. The van der Waals surface area contributed by atoms with Crippen molar-refractivity contribution in [2.45, 2.75) is 25.8 Å². The van der Waals surface area contributed by atoms with Gasteiger partial charge in [-0.25, -0.2) is 0 Å². The topological polar surface area (TPSA) is 24.4 Å². The smallest absolute Gasteiger partial charge is 0.0965 e. The van der Waals surface area contributed by atoms with Crippen molar-refractivity contribution >= 4 is 21.8 Å². The van der Waals surface area contributed by atoms with Crippen LogP contribution in [-0.4, -0.2) is 12.4 Å². The molecule has 0 saturated heterocycles. The van der Waals surface area contributed by atoms with Gasteiger partial charge in [-0.05, 0) is 24.5 Å². The van der Waals surface area contributed by atoms with E-state index in [0.717, 1.165) is 29.8 Å². The Hall–Kier alpha value is -0.830. The standard InChI is InChI=1S/C12H15BrN2/c13-11-6-2-1-5-10(11)9-15-12-7-3-4-8-14-12/h1-2,5-6H,3-4,7-9H2,(H,14,15). The molecule has 0 fully saturated rings. The van der Waals surface area contributed by atoms with Gasteiger partial charge in [-0.3, -0.25) is 4.99 Å². The molecule has 1 aromatic rings. The van der Waals surface area contributed by atoms with Gasteiger partial charge in [0.25, 0.3) is 0 Å². The van der Waals surface area contributed by atoms with E-state index in [1.54, 1.807) is 0 Å². The highest BCUT2D eigenvalue weighted by molar-refractivity contribution is 9.10. The third kappa shape index (κ3) is 3.06. The van der Waals surface area contributed by atoms with Crippen LogP contribution in [0.25, 0.3) is 0 Å². The van der Waals surface area contributed by atoms with E-state index in [0.29, 0.717) is 0 Å². The van der Waals surface area contributed by atoms with Gasteiger partial charge in [0.05, 0.1) is 5.84 Å². The van der Waals surface area contributed by atoms with Crippen LogP contribution in [0.5, 0.6) is 0 Å². The summed E-state index contributed by atoms with van der Waals surface area (Å²) in [6, 6.07) is 8.29. The molecule has 0 amide bonds. The third-order valence-corrected chi connectivity index (χ3v) is 3.34. The summed E-state index contributed by atoms with van der Waals surface area (Å²) in [4.78, 5) is 4.46. The van der Waals surface area contributed by atoms with Gasteiger partial charge in [-0.2, -0.15) is 0 Å². The largest absolute Gasteiger partial charge is 0.370 e. The van der Waals surface area contributed by atoms with Gasteiger partial charge in [0.15, 0.2) is 0 Å². The average Bonchev–Trinajstić information content (AvgIpc) is 2.29. The first-order chi connectivity index (χ1) is 7.36. The van der Waals surface area contributed by atoms with Gasteiger partial charge in [0, 0.05) is 24.0 Å². The molecule has 3 heteroatoms. The minimum absolute atomic E-state index is 0.861. The number of halogens is 1. The number of nitrogens with one attached hydrogen (secondary N) is 1. The molecule has 2 rings (SSSR count). The number of hydrogen-bond acceptors (Lipinski definition) is 2. The summed E-state index contributed by atoms with van der Waals surface area (Å²) in [5.41, 5.74) is 1.28. The number of hydrogen-bond donors (Lipinski definition) is 1. The van der Waals surface area contributed by atoms with Crippen LogP contribution in [0.3, 0.4) is 0 Å². The molecule has 1 aliphatic heterocycles. The Morgan fingerprint density at radius 1 is 1.27 bits per heavy atom. The van der Waals surface area contributed by atoms with E-state index in [2.05, 4.69) is 44.4 Å². The maximum Gasteiger partial charge on any atom is 0.0965 e. The van der Waals surface area contributed by atoms with Crippen molar-refractivity contribution in [2.24, 2.45) is 4.99 Å². The molecule has 0 aromatic heterocycles. The lowest BCUT2D eigenvalue weighted by Crippen LogP contribution is -2.25. The van der Waals surface area contributed by atoms with Gasteiger partial charge in [-0.1, -0.05) is 34.1 Å². The SMILES string of the molecule is Brc1ccccc1CNC1=NCCCC1. The zero-order valence-corrected chi connectivity index (χ0v) is 10.3. The van der Waals surface area contributed by atoms with Crippen LogP contribution in [0.15, 0.2) is 33.7 Å². The lowest BCUT2D eigenvalue weighted by molar-refractivity contribution is 0.706. The minimum atomic E-state index is 0.861. The van der Waals surface area contributed by atoms with E-state index in [-0.39, 0.29) is 0 Å². The van der Waals surface area contributed by atoms with Crippen LogP contribution in [0.1, 0.15) is 24.8 Å². The molecular formula is C12H15BrN2.